The lowest BCUT2D eigenvalue weighted by Crippen LogP contribution is -2.57. The van der Waals surface area contributed by atoms with Crippen molar-refractivity contribution in [1.29, 1.82) is 0 Å². The average Bonchev–Trinajstić information content (AvgIpc) is 0.860. The number of rotatable bonds is 36. The van der Waals surface area contributed by atoms with E-state index in [-0.39, 0.29) is 113 Å². The Bertz CT molecular complexity index is 2490. The number of hydrogen-bond donors (Lipinski definition) is 17. The quantitative estimate of drug-likeness (QED) is 0.0259. The van der Waals surface area contributed by atoms with E-state index in [0.29, 0.717) is 71.5 Å². The number of ether oxygens (including phenoxy) is 8. The molecule has 6 fully saturated rings. The second-order valence-electron chi connectivity index (χ2n) is 26.7. The zero-order chi connectivity index (χ0) is 73.9. The minimum atomic E-state index is -1.47. The number of piperidine rings is 2. The molecule has 24 atom stereocenters. The second-order valence-corrected chi connectivity index (χ2v) is 26.7. The van der Waals surface area contributed by atoms with Crippen LogP contribution in [0, 0.1) is 23.7 Å². The van der Waals surface area contributed by atoms with Crippen LogP contribution >= 0.6 is 0 Å². The van der Waals surface area contributed by atoms with Crippen LogP contribution < -0.4 is 26.6 Å². The Kier molecular flexibility index (Phi) is 37.9. The van der Waals surface area contributed by atoms with E-state index in [1.54, 1.807) is 14.0 Å². The van der Waals surface area contributed by atoms with Gasteiger partial charge in [-0.05, 0) is 113 Å². The van der Waals surface area contributed by atoms with Crippen LogP contribution in [0.2, 0.25) is 0 Å². The summed E-state index contributed by atoms with van der Waals surface area (Å²) in [6.45, 7) is 11.9. The van der Waals surface area contributed by atoms with Gasteiger partial charge in [0.15, 0.2) is 25.2 Å². The van der Waals surface area contributed by atoms with Gasteiger partial charge in [0.1, 0.15) is 79.0 Å². The molecule has 6 saturated heterocycles. The first-order valence-corrected chi connectivity index (χ1v) is 35.3. The number of likely N-dealkylation sites (N-methyl/N-ethyl adjacent to an activating group) is 2. The molecule has 0 unspecified atom stereocenters. The molecular formula is C65H116N8O27. The number of ketones is 1. The third-order valence-corrected chi connectivity index (χ3v) is 19.1. The monoisotopic (exact) mass is 1440 g/mol. The summed E-state index contributed by atoms with van der Waals surface area (Å²) in [5, 5.41) is 134. The van der Waals surface area contributed by atoms with E-state index in [1.807, 2.05) is 6.92 Å². The molecule has 0 saturated carbocycles. The number of nitrogens with zero attached hydrogens (tertiary/aromatic N) is 3. The third kappa shape index (κ3) is 26.1. The maximum atomic E-state index is 13.6. The summed E-state index contributed by atoms with van der Waals surface area (Å²) in [5.74, 6) is -4.27. The molecule has 6 aliphatic rings. The molecule has 0 aromatic carbocycles. The van der Waals surface area contributed by atoms with Crippen molar-refractivity contribution in [2.75, 3.05) is 113 Å². The van der Waals surface area contributed by atoms with E-state index < -0.39 is 146 Å². The Hall–Kier alpha value is -4.23. The van der Waals surface area contributed by atoms with E-state index in [9.17, 15) is 94.8 Å². The molecule has 6 rings (SSSR count). The molecule has 35 heteroatoms. The lowest BCUT2D eigenvalue weighted by atomic mass is 9.80. The summed E-state index contributed by atoms with van der Waals surface area (Å²) in [7, 11) is 3.10. The maximum absolute atomic E-state index is 13.6. The normalized spacial score (nSPS) is 35.0. The van der Waals surface area contributed by atoms with Crippen molar-refractivity contribution in [2.45, 2.75) is 234 Å². The summed E-state index contributed by atoms with van der Waals surface area (Å²) in [4.78, 5) is 95.0. The molecule has 0 aromatic heterocycles. The van der Waals surface area contributed by atoms with Gasteiger partial charge >= 0.3 is 0 Å². The number of unbranched alkanes of at least 4 members (excludes halogenated alkanes) is 4. The molecule has 17 N–H and O–H groups in total. The number of amides is 6. The van der Waals surface area contributed by atoms with Gasteiger partial charge in [-0.1, -0.05) is 12.8 Å². The van der Waals surface area contributed by atoms with Crippen LogP contribution in [0.5, 0.6) is 0 Å². The summed E-state index contributed by atoms with van der Waals surface area (Å²) < 4.78 is 43.8. The van der Waals surface area contributed by atoms with Crippen LogP contribution in [0.15, 0.2) is 0 Å². The molecule has 0 aliphatic carbocycles. The lowest BCUT2D eigenvalue weighted by Gasteiger charge is -2.39. The van der Waals surface area contributed by atoms with Crippen molar-refractivity contribution in [3.63, 3.8) is 0 Å². The van der Waals surface area contributed by atoms with E-state index >= 15 is 0 Å². The number of likely N-dealkylation sites (tertiary alicyclic amines) is 2. The smallest absolute Gasteiger partial charge is 0.242 e. The first-order chi connectivity index (χ1) is 47.5. The molecular weight excluding hydrogens is 1320 g/mol. The van der Waals surface area contributed by atoms with Crippen molar-refractivity contribution in [3.05, 3.63) is 0 Å². The molecule has 578 valence electrons. The highest BCUT2D eigenvalue weighted by Gasteiger charge is 2.47. The van der Waals surface area contributed by atoms with Gasteiger partial charge in [0.05, 0.1) is 75.1 Å². The lowest BCUT2D eigenvalue weighted by molar-refractivity contribution is -0.293. The summed E-state index contributed by atoms with van der Waals surface area (Å²) in [5.41, 5.74) is 0. The number of aliphatic hydroxyl groups excluding tert-OH is 12. The van der Waals surface area contributed by atoms with Crippen molar-refractivity contribution < 1.29 is 133 Å². The third-order valence-electron chi connectivity index (χ3n) is 19.1. The van der Waals surface area contributed by atoms with Crippen LogP contribution in [-0.4, -0.2) is 353 Å². The number of imide groups is 1. The number of hydrogen-bond acceptors (Lipinski definition) is 30. The first kappa shape index (κ1) is 86.4. The molecule has 6 heterocycles. The van der Waals surface area contributed by atoms with Crippen LogP contribution in [0.3, 0.4) is 0 Å². The topological polar surface area (TPSA) is 506 Å². The van der Waals surface area contributed by atoms with E-state index in [0.717, 1.165) is 37.0 Å². The first-order valence-electron chi connectivity index (χ1n) is 35.3. The fourth-order valence-corrected chi connectivity index (χ4v) is 12.8. The predicted octanol–water partition coefficient (Wildman–Crippen LogP) is -6.62. The molecule has 100 heavy (non-hydrogen) atoms. The molecule has 35 nitrogen and oxygen atoms in total. The number of carbonyl (C=O) groups is 7. The van der Waals surface area contributed by atoms with Crippen molar-refractivity contribution in [1.82, 2.24) is 41.3 Å². The van der Waals surface area contributed by atoms with Crippen molar-refractivity contribution in [3.8, 4) is 0 Å². The van der Waals surface area contributed by atoms with Crippen LogP contribution in [-0.2, 0) is 71.5 Å². The maximum Gasteiger partial charge on any atom is 0.242 e. The zero-order valence-electron chi connectivity index (χ0n) is 58.8. The Morgan fingerprint density at radius 3 is 1.17 bits per heavy atom. The van der Waals surface area contributed by atoms with Gasteiger partial charge in [0, 0.05) is 71.5 Å². The average molecular weight is 1440 g/mol. The summed E-state index contributed by atoms with van der Waals surface area (Å²) >= 11 is 0. The van der Waals surface area contributed by atoms with Crippen molar-refractivity contribution in [2.24, 2.45) is 23.7 Å². The standard InChI is InChI=1S/C34H60N4O14.C31H56N4O13/c1-19-26(42)28(44)30(46)33(51-19)49-15-8-9-23(39)22-18-38(13-7-5-6-10-24(40)37(4)25(41)17-35-3)14-11-21(22)32(48)36-12-16-50-34-31(47)29(45)27(43)20(2)52-34;1-4-32-21(36)8-6-5-7-12-35-13-9-19(28(43)33-10-14-45-30-26(41)24(39)22(37)17(2)47-30)20(16-35)29(44)34-11-15-46-31-27(42)25(40)23(38)18(3)48-31/h19-22,26-31,33-35,42-47H,5-18H2,1-4H3,(H,36,48);17-20,22-27,30-31,37-42H,4-16H2,1-3H3,(H,32,36)(H,33,43)(H,34,44)/t19-,20-,21+,22-,26+,27+,28+,29+,30-,31-,33+,34+;17-,18-,19+,20-,22+,23+,24+,25+,26-,27-,30+,31+/m00/s1. The van der Waals surface area contributed by atoms with E-state index in [4.69, 9.17) is 37.9 Å². The Labute approximate surface area is 584 Å². The Morgan fingerprint density at radius 2 is 0.780 bits per heavy atom. The van der Waals surface area contributed by atoms with Crippen LogP contribution in [0.1, 0.15) is 112 Å². The fourth-order valence-electron chi connectivity index (χ4n) is 12.8. The number of nitrogens with one attached hydrogen (secondary N) is 5. The SMILES string of the molecule is CCNC(=O)CCCCCN1CC[C@@H](C(=O)NCCO[C@@H]2O[C@@H](C)[C@@H](O)[C@@H](O)[C@@H]2O)[C@@H](C(=O)NCCO[C@@H]2O[C@@H](C)[C@@H](O)[C@@H](O)[C@@H]2O)C1.CNCC(=O)N(C)C(=O)CCCCCN1CC[C@@H](C(=O)NCCO[C@@H]2O[C@@H](C)[C@@H](O)[C@@H](O)[C@@H]2O)[C@@H](C(=O)CCCO[C@@H]2O[C@@H](C)[C@@H](O)[C@@H](O)[C@@H]2O)C1. The highest BCUT2D eigenvalue weighted by Crippen LogP contribution is 2.30. The number of aliphatic hydroxyl groups is 12. The van der Waals surface area contributed by atoms with E-state index in [2.05, 4.69) is 36.4 Å². The van der Waals surface area contributed by atoms with Gasteiger partial charge < -0.3 is 136 Å². The second kappa shape index (κ2) is 43.9. The Balaban J connectivity index is 0.000000362. The van der Waals surface area contributed by atoms with Gasteiger partial charge in [-0.2, -0.15) is 0 Å². The predicted molar refractivity (Wildman–Crippen MR) is 350 cm³/mol. The molecule has 6 aliphatic heterocycles. The van der Waals surface area contributed by atoms with Gasteiger partial charge in [-0.15, -0.1) is 0 Å². The fraction of sp³-hybridized carbons (Fsp3) is 0.892. The highest BCUT2D eigenvalue weighted by atomic mass is 16.7. The molecule has 0 spiro atoms. The molecule has 0 bridgehead atoms. The molecule has 6 amide bonds. The highest BCUT2D eigenvalue weighted by molar-refractivity contribution is 5.96. The number of Topliss-reactive ketones (excluding diaryl/α,β-unsaturated/α-hetero) is 1. The summed E-state index contributed by atoms with van der Waals surface area (Å²) in [6, 6.07) is 0. The van der Waals surface area contributed by atoms with Crippen LogP contribution in [0.25, 0.3) is 0 Å². The Morgan fingerprint density at radius 1 is 0.420 bits per heavy atom. The largest absolute Gasteiger partial charge is 0.388 e. The van der Waals surface area contributed by atoms with Gasteiger partial charge in [-0.3, -0.25) is 38.5 Å². The number of carbonyl (C=O) groups excluding carboxylic acids is 7. The minimum absolute atomic E-state index is 0.0247. The minimum Gasteiger partial charge on any atom is -0.388 e. The molecule has 0 radical (unpaired) electrons. The zero-order valence-corrected chi connectivity index (χ0v) is 58.8. The van der Waals surface area contributed by atoms with Gasteiger partial charge in [0.25, 0.3) is 0 Å². The van der Waals surface area contributed by atoms with E-state index in [1.165, 1.54) is 27.8 Å². The van der Waals surface area contributed by atoms with Gasteiger partial charge in [0.2, 0.25) is 35.4 Å². The molecule has 0 aromatic rings. The van der Waals surface area contributed by atoms with Gasteiger partial charge in [-0.25, -0.2) is 0 Å². The van der Waals surface area contributed by atoms with Crippen molar-refractivity contribution >= 4 is 41.2 Å². The van der Waals surface area contributed by atoms with Crippen LogP contribution in [0.4, 0.5) is 0 Å². The summed E-state index contributed by atoms with van der Waals surface area (Å²) in [6.07, 6.45) is -18.0.